The van der Waals surface area contributed by atoms with Crippen LogP contribution in [0, 0.1) is 11.3 Å². The van der Waals surface area contributed by atoms with E-state index in [1.54, 1.807) is 0 Å². The minimum atomic E-state index is -0.384. The third-order valence-corrected chi connectivity index (χ3v) is 3.69. The lowest BCUT2D eigenvalue weighted by Gasteiger charge is -2.36. The molecule has 1 aliphatic rings. The Morgan fingerprint density at radius 1 is 1.47 bits per heavy atom. The Hall–Kier alpha value is -0.590. The molecule has 1 aliphatic heterocycles. The summed E-state index contributed by atoms with van der Waals surface area (Å²) in [6.45, 7) is 10.7. The van der Waals surface area contributed by atoms with Crippen LogP contribution in [0.5, 0.6) is 0 Å². The Kier molecular flexibility index (Phi) is 5.42. The van der Waals surface area contributed by atoms with Gasteiger partial charge in [0.2, 0.25) is 0 Å². The van der Waals surface area contributed by atoms with Gasteiger partial charge in [0.1, 0.15) is 5.54 Å². The van der Waals surface area contributed by atoms with E-state index < -0.39 is 0 Å². The van der Waals surface area contributed by atoms with Gasteiger partial charge >= 0.3 is 0 Å². The van der Waals surface area contributed by atoms with Gasteiger partial charge in [-0.1, -0.05) is 6.42 Å². The summed E-state index contributed by atoms with van der Waals surface area (Å²) < 4.78 is 0. The summed E-state index contributed by atoms with van der Waals surface area (Å²) in [7, 11) is 0. The summed E-state index contributed by atoms with van der Waals surface area (Å²) in [5.74, 6) is 0. The second-order valence-corrected chi connectivity index (χ2v) is 5.87. The van der Waals surface area contributed by atoms with Gasteiger partial charge in [0, 0.05) is 18.6 Å². The van der Waals surface area contributed by atoms with Crippen LogP contribution in [-0.2, 0) is 0 Å². The van der Waals surface area contributed by atoms with Crippen LogP contribution >= 0.6 is 0 Å². The molecule has 0 aromatic carbocycles. The molecule has 17 heavy (non-hydrogen) atoms. The lowest BCUT2D eigenvalue weighted by atomic mass is 9.96. The molecule has 0 aromatic heterocycles. The van der Waals surface area contributed by atoms with E-state index in [1.165, 1.54) is 25.8 Å². The molecule has 1 rings (SSSR count). The first-order valence-corrected chi connectivity index (χ1v) is 6.90. The molecular weight excluding hydrogens is 210 g/mol. The summed E-state index contributed by atoms with van der Waals surface area (Å²) in [6.07, 6.45) is 4.88. The number of likely N-dealkylation sites (tertiary alicyclic amines) is 1. The largest absolute Gasteiger partial charge is 0.301 e. The van der Waals surface area contributed by atoms with Gasteiger partial charge in [0.05, 0.1) is 6.07 Å². The summed E-state index contributed by atoms with van der Waals surface area (Å²) in [4.78, 5) is 2.53. The molecule has 2 unspecified atom stereocenters. The molecule has 3 heteroatoms. The van der Waals surface area contributed by atoms with Gasteiger partial charge in [-0.05, 0) is 53.5 Å². The standard InChI is InChI=1S/C14H27N3/c1-12(2)16-14(4,11-15)8-10-17-9-6-5-7-13(17)3/h12-13,16H,5-10H2,1-4H3. The van der Waals surface area contributed by atoms with Crippen LogP contribution in [0.1, 0.15) is 53.4 Å². The van der Waals surface area contributed by atoms with Crippen LogP contribution < -0.4 is 5.32 Å². The summed E-state index contributed by atoms with van der Waals surface area (Å²) in [5.41, 5.74) is -0.384. The zero-order valence-corrected chi connectivity index (χ0v) is 11.8. The fourth-order valence-corrected chi connectivity index (χ4v) is 2.65. The first kappa shape index (κ1) is 14.5. The lowest BCUT2D eigenvalue weighted by Crippen LogP contribution is -2.48. The average molecular weight is 237 g/mol. The van der Waals surface area contributed by atoms with Gasteiger partial charge in [-0.3, -0.25) is 5.32 Å². The Morgan fingerprint density at radius 2 is 2.18 bits per heavy atom. The number of nitrogens with one attached hydrogen (secondary N) is 1. The second kappa shape index (κ2) is 6.37. The van der Waals surface area contributed by atoms with Crippen molar-refractivity contribution in [2.45, 2.75) is 71.0 Å². The summed E-state index contributed by atoms with van der Waals surface area (Å²) >= 11 is 0. The Bertz CT molecular complexity index is 269. The number of hydrogen-bond acceptors (Lipinski definition) is 3. The molecule has 0 amide bonds. The highest BCUT2D eigenvalue weighted by atomic mass is 15.2. The average Bonchev–Trinajstić information content (AvgIpc) is 2.27. The molecule has 1 heterocycles. The van der Waals surface area contributed by atoms with Crippen molar-refractivity contribution in [2.75, 3.05) is 13.1 Å². The van der Waals surface area contributed by atoms with Crippen molar-refractivity contribution in [1.82, 2.24) is 10.2 Å². The number of nitriles is 1. The van der Waals surface area contributed by atoms with Crippen LogP contribution in [0.25, 0.3) is 0 Å². The minimum absolute atomic E-state index is 0.360. The maximum Gasteiger partial charge on any atom is 0.105 e. The SMILES string of the molecule is CC(C)NC(C)(C#N)CCN1CCCCC1C. The highest BCUT2D eigenvalue weighted by molar-refractivity contribution is 5.04. The Labute approximate surface area is 106 Å². The Morgan fingerprint density at radius 3 is 2.71 bits per heavy atom. The van der Waals surface area contributed by atoms with E-state index in [0.717, 1.165) is 13.0 Å². The molecule has 2 atom stereocenters. The fraction of sp³-hybridized carbons (Fsp3) is 0.929. The van der Waals surface area contributed by atoms with E-state index in [-0.39, 0.29) is 5.54 Å². The zero-order chi connectivity index (χ0) is 12.9. The smallest absolute Gasteiger partial charge is 0.105 e. The molecule has 1 N–H and O–H groups in total. The van der Waals surface area contributed by atoms with Gasteiger partial charge < -0.3 is 4.90 Å². The zero-order valence-electron chi connectivity index (χ0n) is 11.8. The molecule has 0 spiro atoms. The van der Waals surface area contributed by atoms with E-state index in [9.17, 15) is 5.26 Å². The van der Waals surface area contributed by atoms with Gasteiger partial charge in [0.15, 0.2) is 0 Å². The first-order valence-electron chi connectivity index (χ1n) is 6.90. The van der Waals surface area contributed by atoms with Crippen molar-refractivity contribution in [3.05, 3.63) is 0 Å². The van der Waals surface area contributed by atoms with Crippen LogP contribution in [0.15, 0.2) is 0 Å². The monoisotopic (exact) mass is 237 g/mol. The number of rotatable bonds is 5. The molecule has 0 saturated carbocycles. The van der Waals surface area contributed by atoms with Crippen molar-refractivity contribution < 1.29 is 0 Å². The maximum atomic E-state index is 9.30. The van der Waals surface area contributed by atoms with E-state index in [1.807, 2.05) is 6.92 Å². The van der Waals surface area contributed by atoms with E-state index in [0.29, 0.717) is 12.1 Å². The summed E-state index contributed by atoms with van der Waals surface area (Å²) in [6, 6.07) is 3.47. The third-order valence-electron chi connectivity index (χ3n) is 3.69. The lowest BCUT2D eigenvalue weighted by molar-refractivity contribution is 0.147. The molecule has 0 bridgehead atoms. The third kappa shape index (κ3) is 4.65. The van der Waals surface area contributed by atoms with Crippen molar-refractivity contribution in [2.24, 2.45) is 0 Å². The minimum Gasteiger partial charge on any atom is -0.301 e. The fourth-order valence-electron chi connectivity index (χ4n) is 2.65. The van der Waals surface area contributed by atoms with E-state index in [2.05, 4.69) is 37.1 Å². The predicted octanol–water partition coefficient (Wildman–Crippen LogP) is 2.53. The van der Waals surface area contributed by atoms with E-state index in [4.69, 9.17) is 0 Å². The highest BCUT2D eigenvalue weighted by Gasteiger charge is 2.27. The topological polar surface area (TPSA) is 39.1 Å². The van der Waals surface area contributed by atoms with Crippen LogP contribution in [0.3, 0.4) is 0 Å². The van der Waals surface area contributed by atoms with Crippen molar-refractivity contribution in [3.63, 3.8) is 0 Å². The first-order chi connectivity index (χ1) is 7.97. The number of hydrogen-bond donors (Lipinski definition) is 1. The molecule has 0 aliphatic carbocycles. The molecule has 0 aromatic rings. The highest BCUT2D eigenvalue weighted by Crippen LogP contribution is 2.19. The Balaban J connectivity index is 2.44. The van der Waals surface area contributed by atoms with E-state index >= 15 is 0 Å². The molecule has 0 radical (unpaired) electrons. The number of nitrogens with zero attached hydrogens (tertiary/aromatic N) is 2. The van der Waals surface area contributed by atoms with Crippen LogP contribution in [-0.4, -0.2) is 35.6 Å². The van der Waals surface area contributed by atoms with Crippen molar-refractivity contribution >= 4 is 0 Å². The molecule has 3 nitrogen and oxygen atoms in total. The number of piperidine rings is 1. The van der Waals surface area contributed by atoms with Crippen molar-refractivity contribution in [1.29, 1.82) is 5.26 Å². The summed E-state index contributed by atoms with van der Waals surface area (Å²) in [5, 5.41) is 12.7. The van der Waals surface area contributed by atoms with Crippen LogP contribution in [0.2, 0.25) is 0 Å². The van der Waals surface area contributed by atoms with Gasteiger partial charge in [-0.2, -0.15) is 5.26 Å². The van der Waals surface area contributed by atoms with Gasteiger partial charge in [-0.25, -0.2) is 0 Å². The van der Waals surface area contributed by atoms with Crippen molar-refractivity contribution in [3.8, 4) is 6.07 Å². The molecule has 1 saturated heterocycles. The van der Waals surface area contributed by atoms with Crippen LogP contribution in [0.4, 0.5) is 0 Å². The molecular formula is C14H27N3. The maximum absolute atomic E-state index is 9.30. The molecule has 1 fully saturated rings. The second-order valence-electron chi connectivity index (χ2n) is 5.87. The predicted molar refractivity (Wildman–Crippen MR) is 71.8 cm³/mol. The van der Waals surface area contributed by atoms with Gasteiger partial charge in [0.25, 0.3) is 0 Å². The normalized spacial score (nSPS) is 25.5. The van der Waals surface area contributed by atoms with Gasteiger partial charge in [-0.15, -0.1) is 0 Å². The molecule has 98 valence electrons. The quantitative estimate of drug-likeness (QED) is 0.798.